The molecular formula is C14H20N2O4S. The lowest BCUT2D eigenvalue weighted by molar-refractivity contribution is 0.0696. The third-order valence-electron chi connectivity index (χ3n) is 4.07. The smallest absolute Gasteiger partial charge is 0.335 e. The maximum atomic E-state index is 12.7. The molecule has 116 valence electrons. The minimum atomic E-state index is -3.68. The highest BCUT2D eigenvalue weighted by molar-refractivity contribution is 7.89. The van der Waals surface area contributed by atoms with Crippen molar-refractivity contribution in [1.29, 1.82) is 0 Å². The zero-order valence-corrected chi connectivity index (χ0v) is 13.0. The van der Waals surface area contributed by atoms with Gasteiger partial charge in [-0.25, -0.2) is 13.2 Å². The summed E-state index contributed by atoms with van der Waals surface area (Å²) in [5.74, 6) is -0.959. The van der Waals surface area contributed by atoms with Gasteiger partial charge in [0.15, 0.2) is 0 Å². The van der Waals surface area contributed by atoms with Gasteiger partial charge in [-0.05, 0) is 56.0 Å². The number of aromatic carboxylic acids is 1. The molecular weight excluding hydrogens is 292 g/mol. The number of carbonyl (C=O) groups is 1. The zero-order chi connectivity index (χ0) is 15.8. The van der Waals surface area contributed by atoms with Gasteiger partial charge < -0.3 is 10.8 Å². The molecule has 1 aliphatic rings. The van der Waals surface area contributed by atoms with E-state index in [0.717, 1.165) is 6.42 Å². The van der Waals surface area contributed by atoms with E-state index in [2.05, 4.69) is 0 Å². The molecule has 1 aromatic carbocycles. The SMILES string of the molecule is Cc1cc(C(=O)O)cc(S(=O)(=O)N2CCC(CN)C2)c1C. The van der Waals surface area contributed by atoms with Crippen molar-refractivity contribution in [3.63, 3.8) is 0 Å². The van der Waals surface area contributed by atoms with E-state index in [1.54, 1.807) is 13.8 Å². The molecule has 21 heavy (non-hydrogen) atoms. The van der Waals surface area contributed by atoms with Crippen LogP contribution in [0.3, 0.4) is 0 Å². The number of hydrogen-bond donors (Lipinski definition) is 2. The molecule has 0 radical (unpaired) electrons. The van der Waals surface area contributed by atoms with Crippen LogP contribution in [-0.4, -0.2) is 43.4 Å². The summed E-state index contributed by atoms with van der Waals surface area (Å²) < 4.78 is 26.9. The van der Waals surface area contributed by atoms with E-state index < -0.39 is 16.0 Å². The van der Waals surface area contributed by atoms with Crippen LogP contribution in [0.4, 0.5) is 0 Å². The molecule has 2 rings (SSSR count). The Labute approximate surface area is 124 Å². The molecule has 0 amide bonds. The van der Waals surface area contributed by atoms with Crippen molar-refractivity contribution in [2.75, 3.05) is 19.6 Å². The van der Waals surface area contributed by atoms with Gasteiger partial charge in [0.05, 0.1) is 10.5 Å². The first-order chi connectivity index (χ1) is 9.77. The van der Waals surface area contributed by atoms with Crippen molar-refractivity contribution in [1.82, 2.24) is 4.31 Å². The van der Waals surface area contributed by atoms with Crippen LogP contribution in [0.1, 0.15) is 27.9 Å². The molecule has 0 bridgehead atoms. The number of nitrogens with zero attached hydrogens (tertiary/aromatic N) is 1. The number of benzene rings is 1. The van der Waals surface area contributed by atoms with Crippen molar-refractivity contribution < 1.29 is 18.3 Å². The van der Waals surface area contributed by atoms with Crippen molar-refractivity contribution in [2.45, 2.75) is 25.2 Å². The summed E-state index contributed by atoms with van der Waals surface area (Å²) in [6.45, 7) is 4.70. The quantitative estimate of drug-likeness (QED) is 0.863. The molecule has 1 atom stereocenters. The van der Waals surface area contributed by atoms with Gasteiger partial charge in [0.2, 0.25) is 10.0 Å². The first-order valence-electron chi connectivity index (χ1n) is 6.82. The highest BCUT2D eigenvalue weighted by Crippen LogP contribution is 2.28. The Hall–Kier alpha value is -1.44. The van der Waals surface area contributed by atoms with E-state index in [-0.39, 0.29) is 16.4 Å². The van der Waals surface area contributed by atoms with Crippen LogP contribution < -0.4 is 5.73 Å². The van der Waals surface area contributed by atoms with Gasteiger partial charge in [-0.15, -0.1) is 0 Å². The van der Waals surface area contributed by atoms with E-state index in [0.29, 0.717) is 30.8 Å². The molecule has 1 fully saturated rings. The molecule has 1 saturated heterocycles. The standard InChI is InChI=1S/C14H20N2O4S/c1-9-5-12(14(17)18)6-13(10(9)2)21(19,20)16-4-3-11(7-15)8-16/h5-6,11H,3-4,7-8,15H2,1-2H3,(H,17,18). The Morgan fingerprint density at radius 2 is 2.10 bits per heavy atom. The number of nitrogens with two attached hydrogens (primary N) is 1. The molecule has 7 heteroatoms. The Balaban J connectivity index is 2.47. The molecule has 1 aliphatic heterocycles. The molecule has 1 heterocycles. The number of rotatable bonds is 4. The zero-order valence-electron chi connectivity index (χ0n) is 12.2. The second-order valence-electron chi connectivity index (χ2n) is 5.47. The second kappa shape index (κ2) is 5.75. The van der Waals surface area contributed by atoms with Gasteiger partial charge in [0.25, 0.3) is 0 Å². The first-order valence-corrected chi connectivity index (χ1v) is 8.26. The van der Waals surface area contributed by atoms with Gasteiger partial charge >= 0.3 is 5.97 Å². The summed E-state index contributed by atoms with van der Waals surface area (Å²) >= 11 is 0. The fourth-order valence-corrected chi connectivity index (χ4v) is 4.42. The molecule has 0 saturated carbocycles. The largest absolute Gasteiger partial charge is 0.478 e. The molecule has 6 nitrogen and oxygen atoms in total. The summed E-state index contributed by atoms with van der Waals surface area (Å²) in [6.07, 6.45) is 0.742. The summed E-state index contributed by atoms with van der Waals surface area (Å²) in [5, 5.41) is 9.11. The third kappa shape index (κ3) is 2.95. The Kier molecular flexibility index (Phi) is 4.36. The predicted octanol–water partition coefficient (Wildman–Crippen LogP) is 0.971. The highest BCUT2D eigenvalue weighted by atomic mass is 32.2. The topological polar surface area (TPSA) is 101 Å². The average molecular weight is 312 g/mol. The van der Waals surface area contributed by atoms with Crippen LogP contribution in [0.2, 0.25) is 0 Å². The van der Waals surface area contributed by atoms with Crippen molar-refractivity contribution in [3.05, 3.63) is 28.8 Å². The monoisotopic (exact) mass is 312 g/mol. The van der Waals surface area contributed by atoms with Crippen molar-refractivity contribution >= 4 is 16.0 Å². The first kappa shape index (κ1) is 15.9. The minimum Gasteiger partial charge on any atom is -0.478 e. The Bertz CT molecular complexity index is 670. The van der Waals surface area contributed by atoms with Gasteiger partial charge in [-0.2, -0.15) is 4.31 Å². The van der Waals surface area contributed by atoms with Crippen LogP contribution >= 0.6 is 0 Å². The number of hydrogen-bond acceptors (Lipinski definition) is 4. The summed E-state index contributed by atoms with van der Waals surface area (Å²) in [6, 6.07) is 2.74. The summed E-state index contributed by atoms with van der Waals surface area (Å²) in [4.78, 5) is 11.2. The van der Waals surface area contributed by atoms with Crippen molar-refractivity contribution in [3.8, 4) is 0 Å². The average Bonchev–Trinajstić information content (AvgIpc) is 2.90. The third-order valence-corrected chi connectivity index (χ3v) is 6.06. The number of carboxylic acid groups (broad SMARTS) is 1. The van der Waals surface area contributed by atoms with E-state index in [4.69, 9.17) is 10.8 Å². The minimum absolute atomic E-state index is 0.00810. The van der Waals surface area contributed by atoms with Gasteiger partial charge in [0, 0.05) is 13.1 Å². The second-order valence-corrected chi connectivity index (χ2v) is 7.38. The van der Waals surface area contributed by atoms with Crippen LogP contribution in [0.5, 0.6) is 0 Å². The van der Waals surface area contributed by atoms with E-state index in [9.17, 15) is 13.2 Å². The highest BCUT2D eigenvalue weighted by Gasteiger charge is 2.33. The maximum absolute atomic E-state index is 12.7. The van der Waals surface area contributed by atoms with Crippen molar-refractivity contribution in [2.24, 2.45) is 11.7 Å². The van der Waals surface area contributed by atoms with Crippen LogP contribution in [0.15, 0.2) is 17.0 Å². The normalized spacial score (nSPS) is 19.9. The lowest BCUT2D eigenvalue weighted by atomic mass is 10.1. The molecule has 0 aliphatic carbocycles. The van der Waals surface area contributed by atoms with E-state index in [1.165, 1.54) is 16.4 Å². The molecule has 3 N–H and O–H groups in total. The van der Waals surface area contributed by atoms with Gasteiger partial charge in [-0.1, -0.05) is 0 Å². The lowest BCUT2D eigenvalue weighted by Crippen LogP contribution is -2.30. The molecule has 1 unspecified atom stereocenters. The Morgan fingerprint density at radius 1 is 1.43 bits per heavy atom. The van der Waals surface area contributed by atoms with Crippen LogP contribution in [-0.2, 0) is 10.0 Å². The van der Waals surface area contributed by atoms with Crippen LogP contribution in [0.25, 0.3) is 0 Å². The number of carboxylic acids is 1. The van der Waals surface area contributed by atoms with E-state index >= 15 is 0 Å². The Morgan fingerprint density at radius 3 is 2.62 bits per heavy atom. The van der Waals surface area contributed by atoms with Gasteiger partial charge in [-0.3, -0.25) is 0 Å². The van der Waals surface area contributed by atoms with E-state index in [1.807, 2.05) is 0 Å². The molecule has 0 spiro atoms. The summed E-state index contributed by atoms with van der Waals surface area (Å²) in [7, 11) is -3.68. The fraction of sp³-hybridized carbons (Fsp3) is 0.500. The lowest BCUT2D eigenvalue weighted by Gasteiger charge is -2.19. The molecule has 1 aromatic rings. The number of sulfonamides is 1. The predicted molar refractivity (Wildman–Crippen MR) is 78.8 cm³/mol. The van der Waals surface area contributed by atoms with Gasteiger partial charge in [0.1, 0.15) is 0 Å². The van der Waals surface area contributed by atoms with Crippen LogP contribution in [0, 0.1) is 19.8 Å². The fourth-order valence-electron chi connectivity index (χ4n) is 2.57. The maximum Gasteiger partial charge on any atom is 0.335 e. The molecule has 0 aromatic heterocycles. The summed E-state index contributed by atoms with van der Waals surface area (Å²) in [5.41, 5.74) is 6.84. The number of aryl methyl sites for hydroxylation is 1.